The van der Waals surface area contributed by atoms with Crippen molar-refractivity contribution in [2.24, 2.45) is 5.10 Å². The van der Waals surface area contributed by atoms with Crippen LogP contribution < -0.4 is 14.9 Å². The van der Waals surface area contributed by atoms with Crippen molar-refractivity contribution in [2.45, 2.75) is 13.0 Å². The summed E-state index contributed by atoms with van der Waals surface area (Å²) in [6.45, 7) is 1.44. The molecule has 0 heterocycles. The van der Waals surface area contributed by atoms with Crippen molar-refractivity contribution in [3.05, 3.63) is 98.5 Å². The van der Waals surface area contributed by atoms with Gasteiger partial charge in [0.05, 0.1) is 16.7 Å². The van der Waals surface area contributed by atoms with E-state index < -0.39 is 22.9 Å². The highest BCUT2D eigenvalue weighted by Crippen LogP contribution is 2.27. The number of carbonyl (C=O) groups excluding carboxylic acids is 2. The minimum atomic E-state index is -1.05. The molecular weight excluding hydrogens is 494 g/mol. The van der Waals surface area contributed by atoms with E-state index in [4.69, 9.17) is 9.47 Å². The van der Waals surface area contributed by atoms with Crippen LogP contribution in [-0.2, 0) is 4.79 Å². The summed E-state index contributed by atoms with van der Waals surface area (Å²) in [5.74, 6) is -0.948. The van der Waals surface area contributed by atoms with Gasteiger partial charge in [-0.2, -0.15) is 5.10 Å². The van der Waals surface area contributed by atoms with E-state index in [1.165, 1.54) is 31.3 Å². The molecule has 1 unspecified atom stereocenters. The fraction of sp³-hybridized carbons (Fsp3) is 0.0870. The lowest BCUT2D eigenvalue weighted by atomic mass is 10.2. The van der Waals surface area contributed by atoms with E-state index in [1.807, 2.05) is 0 Å². The second kappa shape index (κ2) is 11.0. The number of carbonyl (C=O) groups is 2. The average Bonchev–Trinajstić information content (AvgIpc) is 2.81. The van der Waals surface area contributed by atoms with Crippen molar-refractivity contribution in [2.75, 3.05) is 0 Å². The highest BCUT2D eigenvalue weighted by molar-refractivity contribution is 9.10. The van der Waals surface area contributed by atoms with E-state index in [0.717, 1.165) is 0 Å². The summed E-state index contributed by atoms with van der Waals surface area (Å²) >= 11 is 3.34. The Kier molecular flexibility index (Phi) is 7.87. The number of ether oxygens (including phenoxy) is 2. The number of amides is 1. The number of nitrogens with one attached hydrogen (secondary N) is 1. The van der Waals surface area contributed by atoms with E-state index in [-0.39, 0.29) is 17.2 Å². The minimum Gasteiger partial charge on any atom is -0.474 e. The van der Waals surface area contributed by atoms with Crippen LogP contribution in [0.1, 0.15) is 22.8 Å². The Morgan fingerprint density at radius 2 is 1.76 bits per heavy atom. The molecule has 3 aromatic rings. The first-order valence-corrected chi connectivity index (χ1v) is 10.4. The topological polar surface area (TPSA) is 120 Å². The molecule has 9 nitrogen and oxygen atoms in total. The molecule has 0 spiro atoms. The van der Waals surface area contributed by atoms with Crippen molar-refractivity contribution in [1.82, 2.24) is 5.43 Å². The lowest BCUT2D eigenvalue weighted by Gasteiger charge is -2.13. The third-order valence-electron chi connectivity index (χ3n) is 4.30. The van der Waals surface area contributed by atoms with E-state index in [9.17, 15) is 19.7 Å². The Morgan fingerprint density at radius 3 is 2.48 bits per heavy atom. The Hall–Kier alpha value is -4.05. The fourth-order valence-electron chi connectivity index (χ4n) is 2.65. The third-order valence-corrected chi connectivity index (χ3v) is 4.79. The fourth-order valence-corrected chi connectivity index (χ4v) is 3.03. The number of hydrogen-bond donors (Lipinski definition) is 1. The molecule has 0 aromatic heterocycles. The highest BCUT2D eigenvalue weighted by Gasteiger charge is 2.20. The lowest BCUT2D eigenvalue weighted by Crippen LogP contribution is -2.33. The van der Waals surface area contributed by atoms with Gasteiger partial charge in [-0.05, 0) is 43.3 Å². The summed E-state index contributed by atoms with van der Waals surface area (Å²) in [7, 11) is 0. The number of esters is 1. The molecule has 0 radical (unpaired) electrons. The monoisotopic (exact) mass is 511 g/mol. The summed E-state index contributed by atoms with van der Waals surface area (Å²) < 4.78 is 11.6. The van der Waals surface area contributed by atoms with Crippen LogP contribution in [-0.4, -0.2) is 29.1 Å². The summed E-state index contributed by atoms with van der Waals surface area (Å²) in [6, 6.07) is 19.2. The van der Waals surface area contributed by atoms with Gasteiger partial charge in [-0.25, -0.2) is 10.2 Å². The number of para-hydroxylation sites is 2. The van der Waals surface area contributed by atoms with Gasteiger partial charge in [0.25, 0.3) is 5.91 Å². The lowest BCUT2D eigenvalue weighted by molar-refractivity contribution is -0.386. The maximum absolute atomic E-state index is 12.4. The number of nitro groups is 1. The largest absolute Gasteiger partial charge is 0.474 e. The van der Waals surface area contributed by atoms with Crippen molar-refractivity contribution in [3.63, 3.8) is 0 Å². The molecule has 0 saturated heterocycles. The molecule has 0 aliphatic carbocycles. The second-order valence-electron chi connectivity index (χ2n) is 6.66. The molecule has 10 heteroatoms. The summed E-state index contributed by atoms with van der Waals surface area (Å²) in [5, 5.41) is 15.0. The van der Waals surface area contributed by atoms with Crippen molar-refractivity contribution in [3.8, 4) is 11.5 Å². The molecule has 3 aromatic carbocycles. The molecule has 33 heavy (non-hydrogen) atoms. The SMILES string of the molecule is CC(Oc1ccccc1[N+](=O)[O-])C(=O)N/N=C/c1cc(Br)ccc1OC(=O)c1ccccc1. The molecule has 168 valence electrons. The predicted molar refractivity (Wildman–Crippen MR) is 124 cm³/mol. The summed E-state index contributed by atoms with van der Waals surface area (Å²) in [6.07, 6.45) is 0.259. The van der Waals surface area contributed by atoms with Crippen LogP contribution in [0.2, 0.25) is 0 Å². The van der Waals surface area contributed by atoms with Gasteiger partial charge in [-0.15, -0.1) is 0 Å². The molecule has 1 N–H and O–H groups in total. The quantitative estimate of drug-likeness (QED) is 0.156. The van der Waals surface area contributed by atoms with E-state index in [2.05, 4.69) is 26.5 Å². The Morgan fingerprint density at radius 1 is 1.06 bits per heavy atom. The standard InChI is InChI=1S/C23H18BrN3O6/c1-15(32-21-10-6-5-9-19(21)27(30)31)22(28)26-25-14-17-13-18(24)11-12-20(17)33-23(29)16-7-3-2-4-8-16/h2-15H,1H3,(H,26,28)/b25-14+. The number of hydrogen-bond acceptors (Lipinski definition) is 7. The molecule has 1 atom stereocenters. The maximum atomic E-state index is 12.4. The van der Waals surface area contributed by atoms with Crippen molar-refractivity contribution < 1.29 is 24.0 Å². The normalized spacial score (nSPS) is 11.6. The molecule has 0 fully saturated rings. The molecular formula is C23H18BrN3O6. The average molecular weight is 512 g/mol. The Balaban J connectivity index is 1.67. The van der Waals surface area contributed by atoms with Gasteiger partial charge in [0.1, 0.15) is 5.75 Å². The molecule has 1 amide bonds. The first kappa shape index (κ1) is 23.6. The molecule has 0 bridgehead atoms. The summed E-state index contributed by atoms with van der Waals surface area (Å²) in [5.41, 5.74) is 2.88. The molecule has 0 aliphatic heterocycles. The van der Waals surface area contributed by atoms with E-state index >= 15 is 0 Å². The Bertz CT molecular complexity index is 1200. The zero-order valence-corrected chi connectivity index (χ0v) is 18.9. The Labute approximate surface area is 197 Å². The first-order chi connectivity index (χ1) is 15.8. The number of hydrazone groups is 1. The molecule has 0 aliphatic rings. The number of nitrogens with zero attached hydrogens (tertiary/aromatic N) is 2. The number of nitro benzene ring substituents is 1. The van der Waals surface area contributed by atoms with Crippen LogP contribution in [0.15, 0.2) is 82.4 Å². The van der Waals surface area contributed by atoms with Gasteiger partial charge < -0.3 is 9.47 Å². The minimum absolute atomic E-state index is 0.0313. The smallest absolute Gasteiger partial charge is 0.343 e. The van der Waals surface area contributed by atoms with Crippen LogP contribution in [0.4, 0.5) is 5.69 Å². The number of benzene rings is 3. The van der Waals surface area contributed by atoms with Crippen LogP contribution in [0.25, 0.3) is 0 Å². The first-order valence-electron chi connectivity index (χ1n) is 9.65. The van der Waals surface area contributed by atoms with Crippen LogP contribution in [0, 0.1) is 10.1 Å². The second-order valence-corrected chi connectivity index (χ2v) is 7.57. The third kappa shape index (κ3) is 6.47. The van der Waals surface area contributed by atoms with Gasteiger partial charge in [0.15, 0.2) is 11.9 Å². The highest BCUT2D eigenvalue weighted by atomic mass is 79.9. The van der Waals surface area contributed by atoms with Gasteiger partial charge in [-0.1, -0.05) is 46.3 Å². The molecule has 0 saturated carbocycles. The van der Waals surface area contributed by atoms with Crippen LogP contribution >= 0.6 is 15.9 Å². The van der Waals surface area contributed by atoms with Gasteiger partial charge >= 0.3 is 11.7 Å². The van der Waals surface area contributed by atoms with Gasteiger partial charge in [0, 0.05) is 16.1 Å². The number of rotatable bonds is 8. The summed E-state index contributed by atoms with van der Waals surface area (Å²) in [4.78, 5) is 35.2. The van der Waals surface area contributed by atoms with Gasteiger partial charge in [0.2, 0.25) is 0 Å². The van der Waals surface area contributed by atoms with Crippen molar-refractivity contribution >= 4 is 39.7 Å². The van der Waals surface area contributed by atoms with Gasteiger partial charge in [-0.3, -0.25) is 14.9 Å². The zero-order valence-electron chi connectivity index (χ0n) is 17.3. The van der Waals surface area contributed by atoms with Crippen molar-refractivity contribution in [1.29, 1.82) is 0 Å². The van der Waals surface area contributed by atoms with E-state index in [1.54, 1.807) is 54.6 Å². The molecule has 3 rings (SSSR count). The predicted octanol–water partition coefficient (Wildman–Crippen LogP) is 4.49. The number of halogens is 1. The maximum Gasteiger partial charge on any atom is 0.343 e. The zero-order chi connectivity index (χ0) is 23.8. The van der Waals surface area contributed by atoms with E-state index in [0.29, 0.717) is 15.6 Å². The van der Waals surface area contributed by atoms with Crippen LogP contribution in [0.3, 0.4) is 0 Å². The van der Waals surface area contributed by atoms with Crippen LogP contribution in [0.5, 0.6) is 11.5 Å².